The molecule has 1 aromatic carbocycles. The molecule has 0 atom stereocenters. The van der Waals surface area contributed by atoms with E-state index in [9.17, 15) is 4.79 Å². The van der Waals surface area contributed by atoms with Gasteiger partial charge in [-0.15, -0.1) is 0 Å². The number of hydrogen-bond acceptors (Lipinski definition) is 3. The molecule has 116 valence electrons. The summed E-state index contributed by atoms with van der Waals surface area (Å²) < 4.78 is 1.71. The number of H-pyrrole nitrogens is 1. The summed E-state index contributed by atoms with van der Waals surface area (Å²) in [5, 5.41) is 15.5. The zero-order valence-electron chi connectivity index (χ0n) is 12.8. The first-order valence-corrected chi connectivity index (χ1v) is 7.67. The molecule has 0 unspecified atom stereocenters. The second-order valence-corrected chi connectivity index (χ2v) is 5.83. The lowest BCUT2D eigenvalue weighted by Gasteiger charge is -2.00. The first-order chi connectivity index (χ1) is 11.2. The van der Waals surface area contributed by atoms with Gasteiger partial charge in [-0.2, -0.15) is 10.2 Å². The number of nitrogens with one attached hydrogen (secondary N) is 2. The summed E-state index contributed by atoms with van der Waals surface area (Å²) in [6.45, 7) is 0. The number of fused-ring (bicyclic) bond motifs is 1. The van der Waals surface area contributed by atoms with E-state index in [1.54, 1.807) is 10.8 Å². The smallest absolute Gasteiger partial charge is 0.249 e. The molecule has 0 bridgehead atoms. The molecule has 1 aliphatic rings. The van der Waals surface area contributed by atoms with Crippen LogP contribution in [0.1, 0.15) is 30.1 Å². The van der Waals surface area contributed by atoms with E-state index in [2.05, 4.69) is 20.6 Å². The van der Waals surface area contributed by atoms with E-state index in [0.717, 1.165) is 22.3 Å². The molecule has 0 spiro atoms. The van der Waals surface area contributed by atoms with Crippen molar-refractivity contribution in [2.75, 3.05) is 5.32 Å². The van der Waals surface area contributed by atoms with Crippen molar-refractivity contribution in [2.45, 2.75) is 18.8 Å². The number of amides is 1. The molecule has 1 fully saturated rings. The van der Waals surface area contributed by atoms with E-state index in [-0.39, 0.29) is 5.91 Å². The fraction of sp³-hybridized carbons (Fsp3) is 0.235. The van der Waals surface area contributed by atoms with E-state index in [1.165, 1.54) is 18.9 Å². The predicted molar refractivity (Wildman–Crippen MR) is 88.9 cm³/mol. The van der Waals surface area contributed by atoms with Gasteiger partial charge in [-0.25, -0.2) is 0 Å². The lowest BCUT2D eigenvalue weighted by molar-refractivity contribution is -0.111. The Morgan fingerprint density at radius 2 is 2.22 bits per heavy atom. The summed E-state index contributed by atoms with van der Waals surface area (Å²) >= 11 is 0. The molecule has 6 nitrogen and oxygen atoms in total. The van der Waals surface area contributed by atoms with Crippen molar-refractivity contribution < 1.29 is 4.79 Å². The number of para-hydroxylation sites is 1. The van der Waals surface area contributed by atoms with Gasteiger partial charge in [-0.05, 0) is 25.0 Å². The highest BCUT2D eigenvalue weighted by Crippen LogP contribution is 2.39. The molecule has 23 heavy (non-hydrogen) atoms. The summed E-state index contributed by atoms with van der Waals surface area (Å²) in [7, 11) is 1.84. The SMILES string of the molecule is Cn1nc(C2CC2)cc1NC(=O)/C=C/c1n[nH]c2ccccc12. The lowest BCUT2D eigenvalue weighted by atomic mass is 10.2. The maximum absolute atomic E-state index is 12.1. The summed E-state index contributed by atoms with van der Waals surface area (Å²) in [5.74, 6) is 1.09. The number of aromatic amines is 1. The van der Waals surface area contributed by atoms with Crippen molar-refractivity contribution in [1.82, 2.24) is 20.0 Å². The number of anilines is 1. The van der Waals surface area contributed by atoms with Crippen LogP contribution in [0, 0.1) is 0 Å². The Kier molecular flexibility index (Phi) is 3.22. The second-order valence-electron chi connectivity index (χ2n) is 5.83. The highest BCUT2D eigenvalue weighted by atomic mass is 16.1. The average Bonchev–Trinajstić information content (AvgIpc) is 3.23. The maximum Gasteiger partial charge on any atom is 0.249 e. The van der Waals surface area contributed by atoms with Gasteiger partial charge in [0, 0.05) is 30.5 Å². The summed E-state index contributed by atoms with van der Waals surface area (Å²) in [4.78, 5) is 12.1. The summed E-state index contributed by atoms with van der Waals surface area (Å²) in [5.41, 5.74) is 2.76. The van der Waals surface area contributed by atoms with Crippen LogP contribution in [0.4, 0.5) is 5.82 Å². The van der Waals surface area contributed by atoms with Gasteiger partial charge in [0.15, 0.2) is 0 Å². The van der Waals surface area contributed by atoms with Crippen molar-refractivity contribution in [3.63, 3.8) is 0 Å². The third-order valence-electron chi connectivity index (χ3n) is 4.04. The fourth-order valence-electron chi connectivity index (χ4n) is 2.62. The number of aryl methyl sites for hydroxylation is 1. The molecule has 3 aromatic rings. The zero-order chi connectivity index (χ0) is 15.8. The molecule has 0 radical (unpaired) electrons. The second kappa shape index (κ2) is 5.39. The van der Waals surface area contributed by atoms with Crippen LogP contribution in [0.5, 0.6) is 0 Å². The molecule has 1 amide bonds. The van der Waals surface area contributed by atoms with Crippen LogP contribution in [0.25, 0.3) is 17.0 Å². The normalized spacial score (nSPS) is 14.7. The molecule has 2 aromatic heterocycles. The maximum atomic E-state index is 12.1. The van der Waals surface area contributed by atoms with Crippen LogP contribution in [-0.4, -0.2) is 25.9 Å². The van der Waals surface area contributed by atoms with Gasteiger partial charge in [-0.3, -0.25) is 14.6 Å². The van der Waals surface area contributed by atoms with Gasteiger partial charge >= 0.3 is 0 Å². The lowest BCUT2D eigenvalue weighted by Crippen LogP contribution is -2.11. The number of benzene rings is 1. The largest absolute Gasteiger partial charge is 0.307 e. The first kappa shape index (κ1) is 13.8. The Morgan fingerprint density at radius 3 is 3.04 bits per heavy atom. The van der Waals surface area contributed by atoms with E-state index in [0.29, 0.717) is 11.7 Å². The van der Waals surface area contributed by atoms with Gasteiger partial charge in [0.2, 0.25) is 5.91 Å². The number of carbonyl (C=O) groups excluding carboxylic acids is 1. The number of aromatic nitrogens is 4. The van der Waals surface area contributed by atoms with Crippen LogP contribution in [0.2, 0.25) is 0 Å². The van der Waals surface area contributed by atoms with Crippen LogP contribution in [-0.2, 0) is 11.8 Å². The molecule has 6 heteroatoms. The molecule has 1 aliphatic carbocycles. The van der Waals surface area contributed by atoms with Crippen molar-refractivity contribution in [3.05, 3.63) is 47.8 Å². The molecule has 4 rings (SSSR count). The minimum Gasteiger partial charge on any atom is -0.307 e. The Balaban J connectivity index is 1.49. The molecular formula is C17H17N5O. The van der Waals surface area contributed by atoms with Crippen LogP contribution < -0.4 is 5.32 Å². The molecule has 1 saturated carbocycles. The third kappa shape index (κ3) is 2.75. The van der Waals surface area contributed by atoms with Gasteiger partial charge in [0.1, 0.15) is 5.82 Å². The van der Waals surface area contributed by atoms with E-state index >= 15 is 0 Å². The Bertz CT molecular complexity index is 901. The number of carbonyl (C=O) groups is 1. The quantitative estimate of drug-likeness (QED) is 0.728. The van der Waals surface area contributed by atoms with E-state index in [1.807, 2.05) is 37.4 Å². The minimum atomic E-state index is -0.192. The molecule has 0 aliphatic heterocycles. The Labute approximate surface area is 133 Å². The van der Waals surface area contributed by atoms with E-state index in [4.69, 9.17) is 0 Å². The fourth-order valence-corrected chi connectivity index (χ4v) is 2.62. The van der Waals surface area contributed by atoms with Gasteiger partial charge in [0.25, 0.3) is 0 Å². The van der Waals surface area contributed by atoms with Gasteiger partial charge in [-0.1, -0.05) is 18.2 Å². The topological polar surface area (TPSA) is 75.6 Å². The van der Waals surface area contributed by atoms with Gasteiger partial charge < -0.3 is 5.32 Å². The molecule has 0 saturated heterocycles. The van der Waals surface area contributed by atoms with E-state index < -0.39 is 0 Å². The van der Waals surface area contributed by atoms with Crippen molar-refractivity contribution in [3.8, 4) is 0 Å². The van der Waals surface area contributed by atoms with Crippen LogP contribution >= 0.6 is 0 Å². The van der Waals surface area contributed by atoms with Crippen molar-refractivity contribution >= 4 is 28.7 Å². The highest BCUT2D eigenvalue weighted by Gasteiger charge is 2.27. The van der Waals surface area contributed by atoms with Crippen molar-refractivity contribution in [1.29, 1.82) is 0 Å². The Hall–Kier alpha value is -2.89. The molecule has 2 heterocycles. The van der Waals surface area contributed by atoms with Gasteiger partial charge in [0.05, 0.1) is 16.9 Å². The monoisotopic (exact) mass is 307 g/mol. The Morgan fingerprint density at radius 1 is 1.39 bits per heavy atom. The third-order valence-corrected chi connectivity index (χ3v) is 4.04. The van der Waals surface area contributed by atoms with Crippen molar-refractivity contribution in [2.24, 2.45) is 7.05 Å². The molecular weight excluding hydrogens is 290 g/mol. The van der Waals surface area contributed by atoms with Crippen LogP contribution in [0.3, 0.4) is 0 Å². The number of hydrogen-bond donors (Lipinski definition) is 2. The minimum absolute atomic E-state index is 0.192. The number of nitrogens with zero attached hydrogens (tertiary/aromatic N) is 3. The van der Waals surface area contributed by atoms with Crippen LogP contribution in [0.15, 0.2) is 36.4 Å². The highest BCUT2D eigenvalue weighted by molar-refractivity contribution is 6.02. The summed E-state index contributed by atoms with van der Waals surface area (Å²) in [6.07, 6.45) is 5.59. The molecule has 2 N–H and O–H groups in total. The number of rotatable bonds is 4. The average molecular weight is 307 g/mol. The predicted octanol–water partition coefficient (Wildman–Crippen LogP) is 2.83. The first-order valence-electron chi connectivity index (χ1n) is 7.67. The summed E-state index contributed by atoms with van der Waals surface area (Å²) in [6, 6.07) is 9.77. The standard InChI is InChI=1S/C17H17N5O/c1-22-16(10-15(21-22)11-6-7-11)18-17(23)9-8-14-12-4-2-3-5-13(12)19-20-14/h2-5,8-11H,6-7H2,1H3,(H,18,23)(H,19,20)/b9-8+. The zero-order valence-corrected chi connectivity index (χ0v) is 12.8.